The molecule has 1 amide bonds. The van der Waals surface area contributed by atoms with Gasteiger partial charge in [0.1, 0.15) is 6.54 Å². The van der Waals surface area contributed by atoms with Crippen molar-refractivity contribution in [2.45, 2.75) is 20.4 Å². The minimum Gasteiger partial charge on any atom is -0.478 e. The van der Waals surface area contributed by atoms with Crippen molar-refractivity contribution < 1.29 is 14.7 Å². The first-order chi connectivity index (χ1) is 9.86. The van der Waals surface area contributed by atoms with E-state index in [0.717, 1.165) is 11.4 Å². The van der Waals surface area contributed by atoms with Crippen molar-refractivity contribution in [2.75, 3.05) is 5.32 Å². The third-order valence-electron chi connectivity index (χ3n) is 2.88. The summed E-state index contributed by atoms with van der Waals surface area (Å²) in [6.45, 7) is 3.68. The van der Waals surface area contributed by atoms with Crippen LogP contribution in [0.5, 0.6) is 0 Å². The molecule has 2 N–H and O–H groups in total. The highest BCUT2D eigenvalue weighted by Crippen LogP contribution is 2.21. The number of hydrogen-bond acceptors (Lipinski definition) is 3. The van der Waals surface area contributed by atoms with E-state index < -0.39 is 5.97 Å². The summed E-state index contributed by atoms with van der Waals surface area (Å²) in [5.74, 6) is -1.50. The van der Waals surface area contributed by atoms with Crippen molar-refractivity contribution in [3.63, 3.8) is 0 Å². The topological polar surface area (TPSA) is 84.2 Å². The second-order valence-electron chi connectivity index (χ2n) is 4.63. The maximum absolute atomic E-state index is 12.0. The number of nitrogens with zero attached hydrogens (tertiary/aromatic N) is 2. The SMILES string of the molecule is Cc1cc(C)n(CC(=O)Nc2cc(Cl)ccc2C(=O)O)n1. The van der Waals surface area contributed by atoms with E-state index in [1.54, 1.807) is 4.68 Å². The van der Waals surface area contributed by atoms with E-state index in [-0.39, 0.29) is 23.7 Å². The smallest absolute Gasteiger partial charge is 0.337 e. The number of carboxylic acid groups (broad SMARTS) is 1. The molecule has 0 aliphatic carbocycles. The van der Waals surface area contributed by atoms with Gasteiger partial charge in [-0.05, 0) is 38.1 Å². The number of carboxylic acids is 1. The van der Waals surface area contributed by atoms with E-state index in [1.165, 1.54) is 18.2 Å². The first-order valence-corrected chi connectivity index (χ1v) is 6.58. The number of halogens is 1. The number of anilines is 1. The molecule has 2 aromatic rings. The molecule has 0 unspecified atom stereocenters. The average Bonchev–Trinajstić information content (AvgIpc) is 2.67. The molecule has 1 heterocycles. The molecule has 110 valence electrons. The van der Waals surface area contributed by atoms with Gasteiger partial charge in [0, 0.05) is 10.7 Å². The first kappa shape index (κ1) is 15.1. The van der Waals surface area contributed by atoms with Crippen molar-refractivity contribution in [1.29, 1.82) is 0 Å². The number of aromatic nitrogens is 2. The molecule has 0 saturated carbocycles. The quantitative estimate of drug-likeness (QED) is 0.909. The van der Waals surface area contributed by atoms with E-state index in [9.17, 15) is 9.59 Å². The van der Waals surface area contributed by atoms with Gasteiger partial charge in [0.15, 0.2) is 0 Å². The van der Waals surface area contributed by atoms with Crippen LogP contribution in [0.4, 0.5) is 5.69 Å². The monoisotopic (exact) mass is 307 g/mol. The van der Waals surface area contributed by atoms with Crippen LogP contribution < -0.4 is 5.32 Å². The molecule has 21 heavy (non-hydrogen) atoms. The van der Waals surface area contributed by atoms with Crippen LogP contribution in [0.2, 0.25) is 5.02 Å². The zero-order valence-electron chi connectivity index (χ0n) is 11.6. The lowest BCUT2D eigenvalue weighted by Crippen LogP contribution is -2.21. The summed E-state index contributed by atoms with van der Waals surface area (Å²) in [7, 11) is 0. The molecule has 6 nitrogen and oxygen atoms in total. The minimum atomic E-state index is -1.13. The largest absolute Gasteiger partial charge is 0.478 e. The third kappa shape index (κ3) is 3.61. The van der Waals surface area contributed by atoms with E-state index >= 15 is 0 Å². The number of aromatic carboxylic acids is 1. The second kappa shape index (κ2) is 5.97. The summed E-state index contributed by atoms with van der Waals surface area (Å²) in [6, 6.07) is 6.07. The number of rotatable bonds is 4. The average molecular weight is 308 g/mol. The zero-order valence-corrected chi connectivity index (χ0v) is 12.3. The molecule has 1 aromatic carbocycles. The highest BCUT2D eigenvalue weighted by atomic mass is 35.5. The van der Waals surface area contributed by atoms with Gasteiger partial charge in [0.05, 0.1) is 16.9 Å². The Labute approximate surface area is 126 Å². The van der Waals surface area contributed by atoms with Crippen LogP contribution in [-0.4, -0.2) is 26.8 Å². The van der Waals surface area contributed by atoms with Crippen molar-refractivity contribution in [1.82, 2.24) is 9.78 Å². The van der Waals surface area contributed by atoms with Crippen molar-refractivity contribution in [3.05, 3.63) is 46.2 Å². The Morgan fingerprint density at radius 1 is 1.33 bits per heavy atom. The van der Waals surface area contributed by atoms with E-state index in [1.807, 2.05) is 19.9 Å². The predicted molar refractivity (Wildman–Crippen MR) is 78.7 cm³/mol. The van der Waals surface area contributed by atoms with Crippen LogP contribution in [0.3, 0.4) is 0 Å². The summed E-state index contributed by atoms with van der Waals surface area (Å²) < 4.78 is 1.55. The highest BCUT2D eigenvalue weighted by Gasteiger charge is 2.14. The van der Waals surface area contributed by atoms with Crippen LogP contribution in [0.25, 0.3) is 0 Å². The minimum absolute atomic E-state index is 0.00520. The molecule has 0 bridgehead atoms. The Morgan fingerprint density at radius 2 is 2.05 bits per heavy atom. The number of carbonyl (C=O) groups excluding carboxylic acids is 1. The lowest BCUT2D eigenvalue weighted by atomic mass is 10.2. The van der Waals surface area contributed by atoms with E-state index in [0.29, 0.717) is 5.02 Å². The molecular weight excluding hydrogens is 294 g/mol. The van der Waals surface area contributed by atoms with Gasteiger partial charge in [-0.1, -0.05) is 11.6 Å². The number of amides is 1. The predicted octanol–water partition coefficient (Wildman–Crippen LogP) is 2.49. The number of benzene rings is 1. The van der Waals surface area contributed by atoms with Gasteiger partial charge in [-0.15, -0.1) is 0 Å². The van der Waals surface area contributed by atoms with Crippen LogP contribution >= 0.6 is 11.6 Å². The van der Waals surface area contributed by atoms with Gasteiger partial charge >= 0.3 is 5.97 Å². The maximum atomic E-state index is 12.0. The van der Waals surface area contributed by atoms with Crippen LogP contribution in [0, 0.1) is 13.8 Å². The van der Waals surface area contributed by atoms with E-state index in [2.05, 4.69) is 10.4 Å². The molecule has 7 heteroatoms. The Hall–Kier alpha value is -2.34. The lowest BCUT2D eigenvalue weighted by molar-refractivity contribution is -0.116. The Morgan fingerprint density at radius 3 is 2.62 bits per heavy atom. The summed E-state index contributed by atoms with van der Waals surface area (Å²) >= 11 is 5.83. The molecule has 0 aliphatic heterocycles. The summed E-state index contributed by atoms with van der Waals surface area (Å²) in [5.41, 5.74) is 1.82. The number of nitrogens with one attached hydrogen (secondary N) is 1. The lowest BCUT2D eigenvalue weighted by Gasteiger charge is -2.10. The maximum Gasteiger partial charge on any atom is 0.337 e. The van der Waals surface area contributed by atoms with Crippen molar-refractivity contribution in [3.8, 4) is 0 Å². The molecule has 0 radical (unpaired) electrons. The van der Waals surface area contributed by atoms with Gasteiger partial charge in [-0.3, -0.25) is 9.48 Å². The van der Waals surface area contributed by atoms with Crippen molar-refractivity contribution in [2.24, 2.45) is 0 Å². The van der Waals surface area contributed by atoms with Gasteiger partial charge in [-0.25, -0.2) is 4.79 Å². The van der Waals surface area contributed by atoms with Gasteiger partial charge < -0.3 is 10.4 Å². The highest BCUT2D eigenvalue weighted by molar-refractivity contribution is 6.31. The Balaban J connectivity index is 2.18. The summed E-state index contributed by atoms with van der Waals surface area (Å²) in [5, 5.41) is 16.2. The molecule has 0 saturated heterocycles. The molecule has 2 rings (SSSR count). The Kier molecular flexibility index (Phi) is 4.28. The van der Waals surface area contributed by atoms with Crippen molar-refractivity contribution >= 4 is 29.2 Å². The fourth-order valence-corrected chi connectivity index (χ4v) is 2.14. The molecular formula is C14H14ClN3O3. The molecule has 0 spiro atoms. The number of hydrogen-bond donors (Lipinski definition) is 2. The fourth-order valence-electron chi connectivity index (χ4n) is 1.97. The first-order valence-electron chi connectivity index (χ1n) is 6.20. The fraction of sp³-hybridized carbons (Fsp3) is 0.214. The van der Waals surface area contributed by atoms with Crippen LogP contribution in [0.1, 0.15) is 21.7 Å². The molecule has 0 atom stereocenters. The third-order valence-corrected chi connectivity index (χ3v) is 3.12. The van der Waals surface area contributed by atoms with Gasteiger partial charge in [0.25, 0.3) is 0 Å². The summed E-state index contributed by atoms with van der Waals surface area (Å²) in [4.78, 5) is 23.1. The van der Waals surface area contributed by atoms with E-state index in [4.69, 9.17) is 16.7 Å². The van der Waals surface area contributed by atoms with Gasteiger partial charge in [-0.2, -0.15) is 5.10 Å². The number of aryl methyl sites for hydroxylation is 2. The normalized spacial score (nSPS) is 10.4. The standard InChI is InChI=1S/C14H14ClN3O3/c1-8-5-9(2)18(17-8)7-13(19)16-12-6-10(15)3-4-11(12)14(20)21/h3-6H,7H2,1-2H3,(H,16,19)(H,20,21). The molecule has 0 aliphatic rings. The summed E-state index contributed by atoms with van der Waals surface area (Å²) in [6.07, 6.45) is 0. The second-order valence-corrected chi connectivity index (χ2v) is 5.06. The van der Waals surface area contributed by atoms with Gasteiger partial charge in [0.2, 0.25) is 5.91 Å². The van der Waals surface area contributed by atoms with Crippen LogP contribution in [0.15, 0.2) is 24.3 Å². The Bertz CT molecular complexity index is 709. The molecule has 1 aromatic heterocycles. The van der Waals surface area contributed by atoms with Crippen LogP contribution in [-0.2, 0) is 11.3 Å². The zero-order chi connectivity index (χ0) is 15.6. The number of carbonyl (C=O) groups is 2. The molecule has 0 fully saturated rings.